The molecule has 3 rings (SSSR count). The summed E-state index contributed by atoms with van der Waals surface area (Å²) in [6.45, 7) is 9.95. The van der Waals surface area contributed by atoms with E-state index in [9.17, 15) is 0 Å². The Morgan fingerprint density at radius 3 is 2.24 bits per heavy atom. The van der Waals surface area contributed by atoms with Crippen LogP contribution in [-0.2, 0) is 0 Å². The predicted octanol–water partition coefficient (Wildman–Crippen LogP) is 3.13. The van der Waals surface area contributed by atoms with Gasteiger partial charge in [0, 0.05) is 18.1 Å². The van der Waals surface area contributed by atoms with Gasteiger partial charge in [0.1, 0.15) is 11.8 Å². The topological polar surface area (TPSA) is 82.0 Å². The van der Waals surface area contributed by atoms with Gasteiger partial charge >= 0.3 is 0 Å². The lowest BCUT2D eigenvalue weighted by Crippen LogP contribution is -2.00. The van der Waals surface area contributed by atoms with E-state index in [4.69, 9.17) is 5.73 Å². The fourth-order valence-electron chi connectivity index (χ4n) is 1.83. The molecular weight excluding hydrogens is 264 g/mol. The van der Waals surface area contributed by atoms with Crippen molar-refractivity contribution in [2.24, 2.45) is 0 Å². The van der Waals surface area contributed by atoms with Crippen LogP contribution in [0.3, 0.4) is 0 Å². The quantitative estimate of drug-likeness (QED) is 0.743. The van der Waals surface area contributed by atoms with E-state index in [1.807, 2.05) is 40.7 Å². The van der Waals surface area contributed by atoms with Gasteiger partial charge in [-0.3, -0.25) is 0 Å². The van der Waals surface area contributed by atoms with Crippen molar-refractivity contribution in [1.29, 1.82) is 0 Å². The first kappa shape index (κ1) is 16.6. The molecular formula is C15H22N6. The van der Waals surface area contributed by atoms with Gasteiger partial charge in [0.05, 0.1) is 5.56 Å². The number of nitrogens with two attached hydrogens (primary N) is 1. The van der Waals surface area contributed by atoms with E-state index in [-0.39, 0.29) is 0 Å². The van der Waals surface area contributed by atoms with Crippen molar-refractivity contribution in [1.82, 2.24) is 24.6 Å². The summed E-state index contributed by atoms with van der Waals surface area (Å²) in [5, 5.41) is 4.16. The third kappa shape index (κ3) is 3.34. The lowest BCUT2D eigenvalue weighted by Gasteiger charge is -2.00. The Hall–Kier alpha value is -2.50. The van der Waals surface area contributed by atoms with Gasteiger partial charge in [0.25, 0.3) is 0 Å². The maximum atomic E-state index is 5.88. The van der Waals surface area contributed by atoms with E-state index in [1.165, 1.54) is 6.33 Å². The zero-order valence-electron chi connectivity index (χ0n) is 13.2. The minimum Gasteiger partial charge on any atom is -0.382 e. The second kappa shape index (κ2) is 7.94. The van der Waals surface area contributed by atoms with E-state index < -0.39 is 0 Å². The monoisotopic (exact) mass is 286 g/mol. The van der Waals surface area contributed by atoms with E-state index in [1.54, 1.807) is 23.0 Å². The molecule has 0 saturated heterocycles. The van der Waals surface area contributed by atoms with Crippen molar-refractivity contribution in [2.75, 3.05) is 5.73 Å². The molecule has 3 aromatic rings. The van der Waals surface area contributed by atoms with Crippen molar-refractivity contribution in [3.63, 3.8) is 0 Å². The smallest absolute Gasteiger partial charge is 0.161 e. The minimum absolute atomic E-state index is 0.426. The lowest BCUT2D eigenvalue weighted by molar-refractivity contribution is 0.875. The van der Waals surface area contributed by atoms with Gasteiger partial charge in [-0.1, -0.05) is 27.7 Å². The molecule has 3 heterocycles. The molecule has 112 valence electrons. The number of nitrogen functional groups attached to an aromatic ring is 1. The number of aromatic nitrogens is 5. The molecule has 0 bridgehead atoms. The minimum atomic E-state index is 0.426. The van der Waals surface area contributed by atoms with Gasteiger partial charge in [0.15, 0.2) is 11.6 Å². The molecule has 0 aliphatic heterocycles. The summed E-state index contributed by atoms with van der Waals surface area (Å²) >= 11 is 0. The fourth-order valence-corrected chi connectivity index (χ4v) is 1.83. The third-order valence-corrected chi connectivity index (χ3v) is 2.57. The average molecular weight is 286 g/mol. The van der Waals surface area contributed by atoms with Crippen molar-refractivity contribution in [3.8, 4) is 11.4 Å². The van der Waals surface area contributed by atoms with E-state index in [2.05, 4.69) is 20.1 Å². The molecule has 0 aliphatic carbocycles. The molecule has 0 fully saturated rings. The largest absolute Gasteiger partial charge is 0.382 e. The number of aryl methyl sites for hydroxylation is 1. The summed E-state index contributed by atoms with van der Waals surface area (Å²) in [4.78, 5) is 12.4. The lowest BCUT2D eigenvalue weighted by atomic mass is 10.2. The number of hydrogen-bond acceptors (Lipinski definition) is 5. The van der Waals surface area contributed by atoms with Crippen molar-refractivity contribution < 1.29 is 0 Å². The zero-order chi connectivity index (χ0) is 15.8. The molecule has 0 aromatic carbocycles. The molecule has 0 spiro atoms. The molecule has 0 aliphatic rings. The van der Waals surface area contributed by atoms with Crippen LogP contribution in [-0.4, -0.2) is 24.6 Å². The Morgan fingerprint density at radius 2 is 1.62 bits per heavy atom. The van der Waals surface area contributed by atoms with Crippen LogP contribution in [0.4, 0.5) is 5.82 Å². The highest BCUT2D eigenvalue weighted by molar-refractivity contribution is 5.85. The van der Waals surface area contributed by atoms with Gasteiger partial charge in [-0.25, -0.2) is 19.5 Å². The number of fused-ring (bicyclic) bond motifs is 1. The fraction of sp³-hybridized carbons (Fsp3) is 0.333. The van der Waals surface area contributed by atoms with Crippen molar-refractivity contribution >= 4 is 11.3 Å². The van der Waals surface area contributed by atoms with Gasteiger partial charge in [-0.15, -0.1) is 0 Å². The highest BCUT2D eigenvalue weighted by atomic mass is 15.3. The maximum Gasteiger partial charge on any atom is 0.161 e. The standard InChI is InChI=1S/C11H10N6.2C2H6/c1-7-5-8(11-13-3-2-4-14-11)9-10(12)15-6-16-17(7)9;2*1-2/h2-6H,1H3,(H2,12,15,16);2*1-2H3. The Morgan fingerprint density at radius 1 is 1.00 bits per heavy atom. The SMILES string of the molecule is CC.CC.Cc1cc(-c2ncccn2)c2c(N)ncnn12. The molecule has 0 atom stereocenters. The second-order valence-electron chi connectivity index (χ2n) is 3.68. The first-order chi connectivity index (χ1) is 10.3. The molecule has 2 N–H and O–H groups in total. The highest BCUT2D eigenvalue weighted by Crippen LogP contribution is 2.26. The van der Waals surface area contributed by atoms with E-state index in [0.717, 1.165) is 16.8 Å². The molecule has 21 heavy (non-hydrogen) atoms. The van der Waals surface area contributed by atoms with Gasteiger partial charge < -0.3 is 5.73 Å². The van der Waals surface area contributed by atoms with Crippen molar-refractivity contribution in [3.05, 3.63) is 36.5 Å². The molecule has 0 unspecified atom stereocenters. The number of rotatable bonds is 1. The summed E-state index contributed by atoms with van der Waals surface area (Å²) in [5.74, 6) is 1.05. The Bertz CT molecular complexity index is 675. The van der Waals surface area contributed by atoms with Crippen LogP contribution in [0.15, 0.2) is 30.9 Å². The summed E-state index contributed by atoms with van der Waals surface area (Å²) in [5.41, 5.74) is 8.44. The normalized spacial score (nSPS) is 9.38. The summed E-state index contributed by atoms with van der Waals surface area (Å²) < 4.78 is 1.74. The van der Waals surface area contributed by atoms with Crippen LogP contribution >= 0.6 is 0 Å². The van der Waals surface area contributed by atoms with Crippen LogP contribution < -0.4 is 5.73 Å². The molecule has 0 saturated carbocycles. The van der Waals surface area contributed by atoms with E-state index in [0.29, 0.717) is 11.6 Å². The Labute approximate surface area is 125 Å². The van der Waals surface area contributed by atoms with Crippen LogP contribution in [0.25, 0.3) is 16.9 Å². The van der Waals surface area contributed by atoms with Gasteiger partial charge in [-0.2, -0.15) is 5.10 Å². The molecule has 6 nitrogen and oxygen atoms in total. The Kier molecular flexibility index (Phi) is 6.26. The summed E-state index contributed by atoms with van der Waals surface area (Å²) in [7, 11) is 0. The van der Waals surface area contributed by atoms with Crippen LogP contribution in [0.2, 0.25) is 0 Å². The summed E-state index contributed by atoms with van der Waals surface area (Å²) in [6.07, 6.45) is 4.83. The van der Waals surface area contributed by atoms with Crippen LogP contribution in [0, 0.1) is 6.92 Å². The third-order valence-electron chi connectivity index (χ3n) is 2.57. The average Bonchev–Trinajstić information content (AvgIpc) is 2.91. The molecule has 0 radical (unpaired) electrons. The number of nitrogens with zero attached hydrogens (tertiary/aromatic N) is 5. The molecule has 6 heteroatoms. The second-order valence-corrected chi connectivity index (χ2v) is 3.68. The first-order valence-electron chi connectivity index (χ1n) is 7.13. The summed E-state index contributed by atoms with van der Waals surface area (Å²) in [6, 6.07) is 3.73. The van der Waals surface area contributed by atoms with Gasteiger partial charge in [-0.05, 0) is 19.1 Å². The predicted molar refractivity (Wildman–Crippen MR) is 85.9 cm³/mol. The first-order valence-corrected chi connectivity index (χ1v) is 7.13. The Balaban J connectivity index is 0.000000510. The maximum absolute atomic E-state index is 5.88. The van der Waals surface area contributed by atoms with E-state index >= 15 is 0 Å². The van der Waals surface area contributed by atoms with Crippen LogP contribution in [0.5, 0.6) is 0 Å². The number of hydrogen-bond donors (Lipinski definition) is 1. The van der Waals surface area contributed by atoms with Gasteiger partial charge in [0.2, 0.25) is 0 Å². The zero-order valence-corrected chi connectivity index (χ0v) is 13.2. The highest BCUT2D eigenvalue weighted by Gasteiger charge is 2.14. The molecule has 3 aromatic heterocycles. The molecule has 0 amide bonds. The van der Waals surface area contributed by atoms with Crippen LogP contribution in [0.1, 0.15) is 33.4 Å². The number of anilines is 1. The van der Waals surface area contributed by atoms with Crippen molar-refractivity contribution in [2.45, 2.75) is 34.6 Å².